The Balaban J connectivity index is 4.46. The van der Waals surface area contributed by atoms with E-state index in [1.807, 2.05) is 20.8 Å². The summed E-state index contributed by atoms with van der Waals surface area (Å²) >= 11 is 0. The number of rotatable bonds is 5. The number of aliphatic carboxylic acids is 1. The molecule has 0 atom stereocenters. The molecule has 0 bridgehead atoms. The van der Waals surface area contributed by atoms with E-state index in [9.17, 15) is 9.59 Å². The number of carboxylic acids is 1. The van der Waals surface area contributed by atoms with Crippen LogP contribution in [-0.4, -0.2) is 22.5 Å². The van der Waals surface area contributed by atoms with Gasteiger partial charge in [0.05, 0.1) is 6.42 Å². The maximum atomic E-state index is 11.8. The first kappa shape index (κ1) is 13.9. The maximum Gasteiger partial charge on any atom is 0.305 e. The van der Waals surface area contributed by atoms with Crippen molar-refractivity contribution in [1.82, 2.24) is 5.32 Å². The quantitative estimate of drug-likeness (QED) is 0.734. The third kappa shape index (κ3) is 4.81. The number of nitrogens with one attached hydrogen (secondary N) is 1. The Morgan fingerprint density at radius 3 is 2.00 bits per heavy atom. The highest BCUT2D eigenvalue weighted by atomic mass is 16.4. The van der Waals surface area contributed by atoms with Crippen LogP contribution in [0, 0.1) is 5.41 Å². The molecule has 15 heavy (non-hydrogen) atoms. The van der Waals surface area contributed by atoms with E-state index in [1.54, 1.807) is 13.8 Å². The molecular weight excluding hydrogens is 194 g/mol. The molecule has 2 N–H and O–H groups in total. The summed E-state index contributed by atoms with van der Waals surface area (Å²) in [5.41, 5.74) is -1.15. The lowest BCUT2D eigenvalue weighted by atomic mass is 9.87. The third-order valence-corrected chi connectivity index (χ3v) is 2.54. The van der Waals surface area contributed by atoms with Crippen molar-refractivity contribution >= 4 is 11.9 Å². The molecule has 0 rings (SSSR count). The molecule has 0 radical (unpaired) electrons. The Bertz CT molecular complexity index is 257. The fraction of sp³-hybridized carbons (Fsp3) is 0.818. The van der Waals surface area contributed by atoms with Crippen molar-refractivity contribution in [1.29, 1.82) is 0 Å². The largest absolute Gasteiger partial charge is 0.481 e. The summed E-state index contributed by atoms with van der Waals surface area (Å²) < 4.78 is 0. The highest BCUT2D eigenvalue weighted by molar-refractivity contribution is 5.83. The number of amides is 1. The second-order valence-corrected chi connectivity index (χ2v) is 5.15. The fourth-order valence-electron chi connectivity index (χ4n) is 1.06. The first-order valence-electron chi connectivity index (χ1n) is 5.15. The summed E-state index contributed by atoms with van der Waals surface area (Å²) in [5.74, 6) is -1.01. The molecule has 0 heterocycles. The predicted molar refractivity (Wildman–Crippen MR) is 58.5 cm³/mol. The second-order valence-electron chi connectivity index (χ2n) is 5.15. The van der Waals surface area contributed by atoms with Crippen molar-refractivity contribution in [2.75, 3.05) is 0 Å². The molecule has 0 aliphatic rings. The molecule has 0 aliphatic carbocycles. The molecule has 88 valence electrons. The molecule has 0 aromatic heterocycles. The Morgan fingerprint density at radius 1 is 1.20 bits per heavy atom. The van der Waals surface area contributed by atoms with Crippen LogP contribution >= 0.6 is 0 Å². The first-order valence-corrected chi connectivity index (χ1v) is 5.15. The molecule has 0 saturated heterocycles. The van der Waals surface area contributed by atoms with Gasteiger partial charge in [-0.15, -0.1) is 0 Å². The molecule has 4 nitrogen and oxygen atoms in total. The Hall–Kier alpha value is -1.06. The summed E-state index contributed by atoms with van der Waals surface area (Å²) in [4.78, 5) is 22.4. The van der Waals surface area contributed by atoms with Gasteiger partial charge in [0.1, 0.15) is 0 Å². The van der Waals surface area contributed by atoms with Gasteiger partial charge in [0.25, 0.3) is 0 Å². The van der Waals surface area contributed by atoms with Crippen LogP contribution in [0.1, 0.15) is 47.5 Å². The highest BCUT2D eigenvalue weighted by Gasteiger charge is 2.31. The lowest BCUT2D eigenvalue weighted by Crippen LogP contribution is -2.49. The van der Waals surface area contributed by atoms with E-state index in [0.717, 1.165) is 6.42 Å². The SMILES string of the molecule is CCC(C)(C)C(=O)NC(C)(C)CC(=O)O. The van der Waals surface area contributed by atoms with Crippen LogP contribution in [0.15, 0.2) is 0 Å². The van der Waals surface area contributed by atoms with Gasteiger partial charge in [-0.3, -0.25) is 9.59 Å². The summed E-state index contributed by atoms with van der Waals surface area (Å²) in [6.45, 7) is 9.05. The first-order chi connectivity index (χ1) is 6.60. The van der Waals surface area contributed by atoms with Crippen molar-refractivity contribution in [3.63, 3.8) is 0 Å². The number of hydrogen-bond donors (Lipinski definition) is 2. The van der Waals surface area contributed by atoms with Crippen LogP contribution in [0.3, 0.4) is 0 Å². The third-order valence-electron chi connectivity index (χ3n) is 2.54. The normalized spacial score (nSPS) is 12.3. The molecule has 1 amide bonds. The Morgan fingerprint density at radius 2 is 1.67 bits per heavy atom. The molecule has 0 aromatic carbocycles. The van der Waals surface area contributed by atoms with Gasteiger partial charge in [-0.2, -0.15) is 0 Å². The van der Waals surface area contributed by atoms with Gasteiger partial charge in [0.2, 0.25) is 5.91 Å². The van der Waals surface area contributed by atoms with Crippen LogP contribution in [-0.2, 0) is 9.59 Å². The summed E-state index contributed by atoms with van der Waals surface area (Å²) in [7, 11) is 0. The van der Waals surface area contributed by atoms with Crippen LogP contribution in [0.25, 0.3) is 0 Å². The van der Waals surface area contributed by atoms with Gasteiger partial charge >= 0.3 is 5.97 Å². The van der Waals surface area contributed by atoms with E-state index >= 15 is 0 Å². The Kier molecular flexibility index (Phi) is 4.31. The molecule has 0 fully saturated rings. The highest BCUT2D eigenvalue weighted by Crippen LogP contribution is 2.21. The van der Waals surface area contributed by atoms with E-state index in [0.29, 0.717) is 0 Å². The van der Waals surface area contributed by atoms with Crippen molar-refractivity contribution in [3.8, 4) is 0 Å². The zero-order chi connectivity index (χ0) is 12.3. The molecule has 4 heteroatoms. The van der Waals surface area contributed by atoms with Crippen molar-refractivity contribution in [2.45, 2.75) is 53.0 Å². The molecular formula is C11H21NO3. The summed E-state index contributed by atoms with van der Waals surface area (Å²) in [6, 6.07) is 0. The molecule has 0 aromatic rings. The van der Waals surface area contributed by atoms with Crippen LogP contribution in [0.2, 0.25) is 0 Å². The Labute approximate surface area is 91.1 Å². The summed E-state index contributed by atoms with van der Waals surface area (Å²) in [6.07, 6.45) is 0.653. The van der Waals surface area contributed by atoms with Crippen molar-refractivity contribution in [3.05, 3.63) is 0 Å². The van der Waals surface area contributed by atoms with E-state index in [1.165, 1.54) is 0 Å². The lowest BCUT2D eigenvalue weighted by molar-refractivity contribution is -0.139. The number of hydrogen-bond acceptors (Lipinski definition) is 2. The van der Waals surface area contributed by atoms with Crippen molar-refractivity contribution in [2.24, 2.45) is 5.41 Å². The van der Waals surface area contributed by atoms with Gasteiger partial charge in [0, 0.05) is 11.0 Å². The number of carboxylic acid groups (broad SMARTS) is 1. The van der Waals surface area contributed by atoms with E-state index < -0.39 is 16.9 Å². The van der Waals surface area contributed by atoms with Gasteiger partial charge in [0.15, 0.2) is 0 Å². The van der Waals surface area contributed by atoms with Gasteiger partial charge in [-0.05, 0) is 20.3 Å². The summed E-state index contributed by atoms with van der Waals surface area (Å²) in [5, 5.41) is 11.4. The topological polar surface area (TPSA) is 66.4 Å². The monoisotopic (exact) mass is 215 g/mol. The number of carbonyl (C=O) groups excluding carboxylic acids is 1. The predicted octanol–water partition coefficient (Wildman–Crippen LogP) is 1.79. The maximum absolute atomic E-state index is 11.8. The number of carbonyl (C=O) groups is 2. The minimum Gasteiger partial charge on any atom is -0.481 e. The molecule has 0 aliphatic heterocycles. The van der Waals surface area contributed by atoms with Gasteiger partial charge in [-0.25, -0.2) is 0 Å². The molecule has 0 unspecified atom stereocenters. The zero-order valence-electron chi connectivity index (χ0n) is 10.2. The van der Waals surface area contributed by atoms with Crippen LogP contribution in [0.4, 0.5) is 0 Å². The van der Waals surface area contributed by atoms with Crippen LogP contribution < -0.4 is 5.32 Å². The second kappa shape index (κ2) is 4.64. The van der Waals surface area contributed by atoms with E-state index in [-0.39, 0.29) is 12.3 Å². The van der Waals surface area contributed by atoms with Crippen LogP contribution in [0.5, 0.6) is 0 Å². The van der Waals surface area contributed by atoms with E-state index in [2.05, 4.69) is 5.32 Å². The average molecular weight is 215 g/mol. The minimum atomic E-state index is -0.908. The molecule has 0 saturated carbocycles. The van der Waals surface area contributed by atoms with Crippen molar-refractivity contribution < 1.29 is 14.7 Å². The smallest absolute Gasteiger partial charge is 0.305 e. The minimum absolute atomic E-state index is 0.0709. The molecule has 0 spiro atoms. The fourth-order valence-corrected chi connectivity index (χ4v) is 1.06. The van der Waals surface area contributed by atoms with Gasteiger partial charge in [-0.1, -0.05) is 20.8 Å². The van der Waals surface area contributed by atoms with E-state index in [4.69, 9.17) is 5.11 Å². The average Bonchev–Trinajstić information content (AvgIpc) is 2.00. The standard InChI is InChI=1S/C11H21NO3/c1-6-10(2,3)9(15)12-11(4,5)7-8(13)14/h6-7H2,1-5H3,(H,12,15)(H,13,14). The lowest BCUT2D eigenvalue weighted by Gasteiger charge is -2.30. The van der Waals surface area contributed by atoms with Gasteiger partial charge < -0.3 is 10.4 Å². The zero-order valence-corrected chi connectivity index (χ0v) is 10.2.